The smallest absolute Gasteiger partial charge is 0.328 e. The van der Waals surface area contributed by atoms with Crippen LogP contribution in [-0.2, 0) is 11.3 Å². The molecule has 0 aliphatic heterocycles. The minimum atomic E-state index is -1.07. The molecule has 0 saturated carbocycles. The average Bonchev–Trinajstić information content (AvgIpc) is 2.69. The zero-order valence-corrected chi connectivity index (χ0v) is 11.4. The number of carbonyl (C=O) groups is 1. The molecule has 2 aromatic rings. The van der Waals surface area contributed by atoms with Crippen molar-refractivity contribution in [2.45, 2.75) is 13.5 Å². The molecule has 0 aliphatic rings. The number of halogens is 2. The van der Waals surface area contributed by atoms with Gasteiger partial charge in [-0.25, -0.2) is 9.18 Å². The van der Waals surface area contributed by atoms with Gasteiger partial charge in [-0.05, 0) is 24.6 Å². The summed E-state index contributed by atoms with van der Waals surface area (Å²) in [5, 5.41) is 13.2. The van der Waals surface area contributed by atoms with Crippen LogP contribution in [0, 0.1) is 12.7 Å². The lowest BCUT2D eigenvalue weighted by Crippen LogP contribution is -2.03. The Bertz CT molecular complexity index is 660. The molecular formula is C14H12ClFN2O2. The predicted octanol–water partition coefficient (Wildman–Crippen LogP) is 3.13. The highest BCUT2D eigenvalue weighted by molar-refractivity contribution is 6.31. The lowest BCUT2D eigenvalue weighted by atomic mass is 10.1. The van der Waals surface area contributed by atoms with Crippen LogP contribution in [0.15, 0.2) is 30.5 Å². The van der Waals surface area contributed by atoms with E-state index in [0.717, 1.165) is 6.08 Å². The first kappa shape index (κ1) is 14.3. The fourth-order valence-corrected chi connectivity index (χ4v) is 1.86. The van der Waals surface area contributed by atoms with Crippen molar-refractivity contribution in [3.63, 3.8) is 0 Å². The summed E-state index contributed by atoms with van der Waals surface area (Å²) in [5.41, 5.74) is 1.63. The van der Waals surface area contributed by atoms with Crippen LogP contribution in [0.1, 0.15) is 16.8 Å². The first-order valence-electron chi connectivity index (χ1n) is 5.84. The summed E-state index contributed by atoms with van der Waals surface area (Å²) in [7, 11) is 0. The molecule has 0 saturated heterocycles. The molecule has 2 rings (SSSR count). The normalized spacial score (nSPS) is 11.2. The number of rotatable bonds is 4. The second kappa shape index (κ2) is 5.88. The summed E-state index contributed by atoms with van der Waals surface area (Å²) in [6, 6.07) is 4.53. The minimum Gasteiger partial charge on any atom is -0.478 e. The topological polar surface area (TPSA) is 55.1 Å². The van der Waals surface area contributed by atoms with Crippen molar-refractivity contribution in [3.05, 3.63) is 58.1 Å². The SMILES string of the molecule is Cc1nn(Cc2ccc(C=CC(=O)O)cc2F)cc1Cl. The number of aromatic nitrogens is 2. The molecule has 1 N–H and O–H groups in total. The Labute approximate surface area is 120 Å². The highest BCUT2D eigenvalue weighted by atomic mass is 35.5. The molecule has 1 heterocycles. The number of benzene rings is 1. The Kier molecular flexibility index (Phi) is 4.20. The van der Waals surface area contributed by atoms with E-state index in [-0.39, 0.29) is 6.54 Å². The third-order valence-electron chi connectivity index (χ3n) is 2.71. The number of hydrogen-bond acceptors (Lipinski definition) is 2. The number of carboxylic acids is 1. The van der Waals surface area contributed by atoms with E-state index < -0.39 is 11.8 Å². The van der Waals surface area contributed by atoms with Gasteiger partial charge in [-0.15, -0.1) is 0 Å². The number of aryl methyl sites for hydroxylation is 1. The first-order chi connectivity index (χ1) is 9.45. The number of hydrogen-bond donors (Lipinski definition) is 1. The molecule has 0 atom stereocenters. The zero-order valence-electron chi connectivity index (χ0n) is 10.7. The van der Waals surface area contributed by atoms with Crippen LogP contribution in [0.25, 0.3) is 6.08 Å². The van der Waals surface area contributed by atoms with E-state index >= 15 is 0 Å². The molecule has 104 valence electrons. The monoisotopic (exact) mass is 294 g/mol. The molecule has 0 fully saturated rings. The molecule has 0 radical (unpaired) electrons. The lowest BCUT2D eigenvalue weighted by Gasteiger charge is -2.04. The van der Waals surface area contributed by atoms with Crippen LogP contribution in [0.2, 0.25) is 5.02 Å². The Hall–Kier alpha value is -2.14. The second-order valence-corrected chi connectivity index (χ2v) is 4.69. The molecule has 0 aliphatic carbocycles. The van der Waals surface area contributed by atoms with Crippen molar-refractivity contribution >= 4 is 23.6 Å². The van der Waals surface area contributed by atoms with Gasteiger partial charge in [0.15, 0.2) is 0 Å². The molecule has 1 aromatic carbocycles. The average molecular weight is 295 g/mol. The number of nitrogens with zero attached hydrogens (tertiary/aromatic N) is 2. The third kappa shape index (κ3) is 3.45. The van der Waals surface area contributed by atoms with Gasteiger partial charge in [-0.1, -0.05) is 23.7 Å². The van der Waals surface area contributed by atoms with Gasteiger partial charge < -0.3 is 5.11 Å². The number of aliphatic carboxylic acids is 1. The van der Waals surface area contributed by atoms with Crippen LogP contribution >= 0.6 is 11.6 Å². The van der Waals surface area contributed by atoms with Gasteiger partial charge in [0, 0.05) is 17.8 Å². The van der Waals surface area contributed by atoms with Crippen molar-refractivity contribution in [2.24, 2.45) is 0 Å². The first-order valence-corrected chi connectivity index (χ1v) is 6.22. The molecular weight excluding hydrogens is 283 g/mol. The van der Waals surface area contributed by atoms with Gasteiger partial charge in [0.2, 0.25) is 0 Å². The fourth-order valence-electron chi connectivity index (χ4n) is 1.71. The highest BCUT2D eigenvalue weighted by Crippen LogP contribution is 2.16. The van der Waals surface area contributed by atoms with Gasteiger partial charge in [0.05, 0.1) is 17.3 Å². The molecule has 0 spiro atoms. The van der Waals surface area contributed by atoms with Crippen LogP contribution in [0.4, 0.5) is 4.39 Å². The predicted molar refractivity (Wildman–Crippen MR) is 74.1 cm³/mol. The van der Waals surface area contributed by atoms with Crippen molar-refractivity contribution < 1.29 is 14.3 Å². The summed E-state index contributed by atoms with van der Waals surface area (Å²) in [4.78, 5) is 10.4. The zero-order chi connectivity index (χ0) is 14.7. The van der Waals surface area contributed by atoms with Crippen LogP contribution in [0.3, 0.4) is 0 Å². The van der Waals surface area contributed by atoms with Crippen molar-refractivity contribution in [3.8, 4) is 0 Å². The van der Waals surface area contributed by atoms with Gasteiger partial charge >= 0.3 is 5.97 Å². The van der Waals surface area contributed by atoms with Gasteiger partial charge in [-0.3, -0.25) is 4.68 Å². The Morgan fingerprint density at radius 1 is 1.55 bits per heavy atom. The molecule has 0 bridgehead atoms. The van der Waals surface area contributed by atoms with Crippen LogP contribution in [-0.4, -0.2) is 20.9 Å². The van der Waals surface area contributed by atoms with Gasteiger partial charge in [0.1, 0.15) is 5.82 Å². The van der Waals surface area contributed by atoms with E-state index in [1.165, 1.54) is 12.1 Å². The van der Waals surface area contributed by atoms with E-state index in [4.69, 9.17) is 16.7 Å². The van der Waals surface area contributed by atoms with E-state index in [1.807, 2.05) is 0 Å². The van der Waals surface area contributed by atoms with Crippen molar-refractivity contribution in [1.29, 1.82) is 0 Å². The lowest BCUT2D eigenvalue weighted by molar-refractivity contribution is -0.131. The quantitative estimate of drug-likeness (QED) is 0.882. The summed E-state index contributed by atoms with van der Waals surface area (Å²) in [6.07, 6.45) is 3.93. The maximum Gasteiger partial charge on any atom is 0.328 e. The van der Waals surface area contributed by atoms with Crippen molar-refractivity contribution in [1.82, 2.24) is 9.78 Å². The maximum absolute atomic E-state index is 13.9. The van der Waals surface area contributed by atoms with Crippen LogP contribution < -0.4 is 0 Å². The summed E-state index contributed by atoms with van der Waals surface area (Å²) < 4.78 is 15.5. The van der Waals surface area contributed by atoms with Gasteiger partial charge in [-0.2, -0.15) is 5.10 Å². The molecule has 1 aromatic heterocycles. The molecule has 4 nitrogen and oxygen atoms in total. The second-order valence-electron chi connectivity index (χ2n) is 4.28. The molecule has 6 heteroatoms. The largest absolute Gasteiger partial charge is 0.478 e. The fraction of sp³-hybridized carbons (Fsp3) is 0.143. The summed E-state index contributed by atoms with van der Waals surface area (Å²) >= 11 is 5.89. The van der Waals surface area contributed by atoms with E-state index in [9.17, 15) is 9.18 Å². The van der Waals surface area contributed by atoms with E-state index in [2.05, 4.69) is 5.10 Å². The summed E-state index contributed by atoms with van der Waals surface area (Å²) in [5.74, 6) is -1.49. The minimum absolute atomic E-state index is 0.266. The van der Waals surface area contributed by atoms with Crippen LogP contribution in [0.5, 0.6) is 0 Å². The highest BCUT2D eigenvalue weighted by Gasteiger charge is 2.07. The Balaban J connectivity index is 2.19. The molecule has 0 amide bonds. The summed E-state index contributed by atoms with van der Waals surface area (Å²) in [6.45, 7) is 2.04. The number of carboxylic acid groups (broad SMARTS) is 1. The molecule has 0 unspecified atom stereocenters. The standard InChI is InChI=1S/C14H12ClFN2O2/c1-9-12(15)8-18(17-9)7-11-4-2-10(6-13(11)16)3-5-14(19)20/h2-6,8H,7H2,1H3,(H,19,20). The Morgan fingerprint density at radius 2 is 2.30 bits per heavy atom. The molecule has 20 heavy (non-hydrogen) atoms. The van der Waals surface area contributed by atoms with E-state index in [1.54, 1.807) is 29.9 Å². The van der Waals surface area contributed by atoms with Gasteiger partial charge in [0.25, 0.3) is 0 Å². The van der Waals surface area contributed by atoms with Crippen molar-refractivity contribution in [2.75, 3.05) is 0 Å². The third-order valence-corrected chi connectivity index (χ3v) is 3.09. The maximum atomic E-state index is 13.9. The van der Waals surface area contributed by atoms with E-state index in [0.29, 0.717) is 21.8 Å². The Morgan fingerprint density at radius 3 is 2.85 bits per heavy atom.